The molecule has 1 aromatic rings. The highest BCUT2D eigenvalue weighted by Gasteiger charge is 2.17. The van der Waals surface area contributed by atoms with Crippen LogP contribution in [0, 0.1) is 5.92 Å². The van der Waals surface area contributed by atoms with Gasteiger partial charge in [-0.3, -0.25) is 4.79 Å². The first-order valence-electron chi connectivity index (χ1n) is 7.22. The van der Waals surface area contributed by atoms with E-state index in [1.807, 2.05) is 0 Å². The van der Waals surface area contributed by atoms with E-state index in [-0.39, 0.29) is 10.9 Å². The lowest BCUT2D eigenvalue weighted by molar-refractivity contribution is -0.144. The Labute approximate surface area is 125 Å². The van der Waals surface area contributed by atoms with Crippen molar-refractivity contribution in [1.82, 2.24) is 0 Å². The summed E-state index contributed by atoms with van der Waals surface area (Å²) in [5.41, 5.74) is 0.887. The molecule has 116 valence electrons. The molecule has 0 aliphatic heterocycles. The quantitative estimate of drug-likeness (QED) is 0.780. The molecule has 0 spiro atoms. The Balaban J connectivity index is 1.70. The highest BCUT2D eigenvalue weighted by Crippen LogP contribution is 2.29. The maximum atomic E-state index is 11.6. The van der Waals surface area contributed by atoms with E-state index < -0.39 is 10.0 Å². The summed E-state index contributed by atoms with van der Waals surface area (Å²) in [6.45, 7) is 0.508. The Hall–Kier alpha value is -1.40. The average Bonchev–Trinajstić information content (AvgIpc) is 2.39. The van der Waals surface area contributed by atoms with E-state index in [1.165, 1.54) is 31.4 Å². The third kappa shape index (κ3) is 5.13. The van der Waals surface area contributed by atoms with Crippen molar-refractivity contribution in [3.05, 3.63) is 29.8 Å². The van der Waals surface area contributed by atoms with Crippen molar-refractivity contribution in [3.8, 4) is 0 Å². The normalized spacial score (nSPS) is 15.5. The third-order valence-electron chi connectivity index (χ3n) is 3.88. The molecule has 0 amide bonds. The van der Waals surface area contributed by atoms with Gasteiger partial charge in [-0.25, -0.2) is 13.6 Å². The van der Waals surface area contributed by atoms with Gasteiger partial charge in [0.25, 0.3) is 0 Å². The Morgan fingerprint density at radius 2 is 1.90 bits per heavy atom. The molecule has 0 saturated heterocycles. The van der Waals surface area contributed by atoms with Gasteiger partial charge in [0.2, 0.25) is 10.0 Å². The number of sulfonamides is 1. The summed E-state index contributed by atoms with van der Waals surface area (Å²) >= 11 is 0. The molecule has 1 saturated carbocycles. The van der Waals surface area contributed by atoms with E-state index in [2.05, 4.69) is 0 Å². The number of carbonyl (C=O) groups excluding carboxylic acids is 1. The molecule has 0 radical (unpaired) electrons. The number of ether oxygens (including phenoxy) is 1. The summed E-state index contributed by atoms with van der Waals surface area (Å²) < 4.78 is 27.4. The number of aryl methyl sites for hydroxylation is 1. The number of esters is 1. The Morgan fingerprint density at radius 3 is 2.43 bits per heavy atom. The zero-order chi connectivity index (χ0) is 15.3. The fourth-order valence-electron chi connectivity index (χ4n) is 2.29. The SMILES string of the molecule is NS(=O)(=O)c1ccc(CCC(=O)OCCC2CCC2)cc1. The lowest BCUT2D eigenvalue weighted by Crippen LogP contribution is -2.15. The fourth-order valence-corrected chi connectivity index (χ4v) is 2.80. The second-order valence-corrected chi connectivity index (χ2v) is 7.06. The van der Waals surface area contributed by atoms with Crippen LogP contribution in [-0.2, 0) is 26.0 Å². The van der Waals surface area contributed by atoms with E-state index in [0.29, 0.717) is 19.4 Å². The number of primary sulfonamides is 1. The van der Waals surface area contributed by atoms with E-state index in [4.69, 9.17) is 9.88 Å². The molecule has 6 heteroatoms. The number of carbonyl (C=O) groups is 1. The first-order valence-corrected chi connectivity index (χ1v) is 8.77. The lowest BCUT2D eigenvalue weighted by Gasteiger charge is -2.24. The van der Waals surface area contributed by atoms with Crippen LogP contribution in [0.2, 0.25) is 0 Å². The summed E-state index contributed by atoms with van der Waals surface area (Å²) in [7, 11) is -3.66. The highest BCUT2D eigenvalue weighted by molar-refractivity contribution is 7.89. The highest BCUT2D eigenvalue weighted by atomic mass is 32.2. The maximum Gasteiger partial charge on any atom is 0.306 e. The van der Waals surface area contributed by atoms with Crippen LogP contribution in [0.3, 0.4) is 0 Å². The summed E-state index contributed by atoms with van der Waals surface area (Å²) in [5.74, 6) is 0.536. The van der Waals surface area contributed by atoms with E-state index in [9.17, 15) is 13.2 Å². The molecule has 0 unspecified atom stereocenters. The van der Waals surface area contributed by atoms with E-state index in [1.54, 1.807) is 12.1 Å². The topological polar surface area (TPSA) is 86.5 Å². The van der Waals surface area contributed by atoms with E-state index in [0.717, 1.165) is 17.9 Å². The van der Waals surface area contributed by atoms with Crippen LogP contribution in [0.4, 0.5) is 0 Å². The van der Waals surface area contributed by atoms with Gasteiger partial charge in [-0.2, -0.15) is 0 Å². The molecule has 0 heterocycles. The largest absolute Gasteiger partial charge is 0.466 e. The van der Waals surface area contributed by atoms with Gasteiger partial charge >= 0.3 is 5.97 Å². The second-order valence-electron chi connectivity index (χ2n) is 5.50. The molecule has 5 nitrogen and oxygen atoms in total. The van der Waals surface area contributed by atoms with Crippen molar-refractivity contribution in [2.75, 3.05) is 6.61 Å². The molecule has 2 N–H and O–H groups in total. The minimum atomic E-state index is -3.66. The average molecular weight is 311 g/mol. The van der Waals surface area contributed by atoms with Gasteiger partial charge in [0.15, 0.2) is 0 Å². The molecular formula is C15H21NO4S. The molecule has 0 bridgehead atoms. The number of benzene rings is 1. The van der Waals surface area contributed by atoms with Crippen molar-refractivity contribution in [3.63, 3.8) is 0 Å². The molecule has 1 aliphatic carbocycles. The zero-order valence-corrected chi connectivity index (χ0v) is 12.8. The summed E-state index contributed by atoms with van der Waals surface area (Å²) in [6.07, 6.45) is 5.62. The van der Waals surface area contributed by atoms with Gasteiger partial charge < -0.3 is 4.74 Å². The molecule has 21 heavy (non-hydrogen) atoms. The van der Waals surface area contributed by atoms with Crippen LogP contribution in [0.5, 0.6) is 0 Å². The van der Waals surface area contributed by atoms with Crippen molar-refractivity contribution in [2.45, 2.75) is 43.4 Å². The van der Waals surface area contributed by atoms with Crippen LogP contribution in [0.1, 0.15) is 37.7 Å². The van der Waals surface area contributed by atoms with Crippen molar-refractivity contribution in [2.24, 2.45) is 11.1 Å². The number of hydrogen-bond acceptors (Lipinski definition) is 4. The van der Waals surface area contributed by atoms with Gasteiger partial charge in [-0.15, -0.1) is 0 Å². The summed E-state index contributed by atoms with van der Waals surface area (Å²) in [6, 6.07) is 6.24. The van der Waals surface area contributed by atoms with Crippen LogP contribution in [0.25, 0.3) is 0 Å². The first kappa shape index (κ1) is 16.0. The molecule has 1 aliphatic rings. The van der Waals surface area contributed by atoms with Crippen LogP contribution >= 0.6 is 0 Å². The molecule has 2 rings (SSSR count). The fraction of sp³-hybridized carbons (Fsp3) is 0.533. The monoisotopic (exact) mass is 311 g/mol. The lowest BCUT2D eigenvalue weighted by atomic mass is 9.83. The van der Waals surface area contributed by atoms with Crippen molar-refractivity contribution >= 4 is 16.0 Å². The van der Waals surface area contributed by atoms with Crippen LogP contribution in [0.15, 0.2) is 29.2 Å². The number of hydrogen-bond donors (Lipinski definition) is 1. The standard InChI is InChI=1S/C15H21NO4S/c16-21(18,19)14-7-4-13(5-8-14)6-9-15(17)20-11-10-12-2-1-3-12/h4-5,7-8,12H,1-3,6,9-11H2,(H2,16,18,19). The molecule has 0 atom stereocenters. The van der Waals surface area contributed by atoms with Gasteiger partial charge in [0.1, 0.15) is 0 Å². The minimum Gasteiger partial charge on any atom is -0.466 e. The predicted molar refractivity (Wildman–Crippen MR) is 79.1 cm³/mol. The molecular weight excluding hydrogens is 290 g/mol. The Kier molecular flexibility index (Phi) is 5.36. The maximum absolute atomic E-state index is 11.6. The van der Waals surface area contributed by atoms with Crippen molar-refractivity contribution < 1.29 is 17.9 Å². The third-order valence-corrected chi connectivity index (χ3v) is 4.81. The zero-order valence-electron chi connectivity index (χ0n) is 12.0. The number of rotatable bonds is 7. The predicted octanol–water partition coefficient (Wildman–Crippen LogP) is 2.00. The second kappa shape index (κ2) is 7.04. The first-order chi connectivity index (χ1) is 9.95. The van der Waals surface area contributed by atoms with E-state index >= 15 is 0 Å². The Bertz CT molecular complexity index is 576. The Morgan fingerprint density at radius 1 is 1.24 bits per heavy atom. The molecule has 1 aromatic carbocycles. The van der Waals surface area contributed by atoms with Crippen molar-refractivity contribution in [1.29, 1.82) is 0 Å². The summed E-state index contributed by atoms with van der Waals surface area (Å²) in [4.78, 5) is 11.7. The van der Waals surface area contributed by atoms with Crippen LogP contribution in [-0.4, -0.2) is 21.0 Å². The molecule has 0 aromatic heterocycles. The molecule has 1 fully saturated rings. The van der Waals surface area contributed by atoms with Crippen LogP contribution < -0.4 is 5.14 Å². The van der Waals surface area contributed by atoms with Gasteiger partial charge in [0.05, 0.1) is 11.5 Å². The van der Waals surface area contributed by atoms with Gasteiger partial charge in [-0.05, 0) is 36.5 Å². The minimum absolute atomic E-state index is 0.0781. The van der Waals surface area contributed by atoms with Gasteiger partial charge in [0, 0.05) is 6.42 Å². The number of nitrogens with two attached hydrogens (primary N) is 1. The summed E-state index contributed by atoms with van der Waals surface area (Å²) in [5, 5.41) is 5.02. The van der Waals surface area contributed by atoms with Gasteiger partial charge in [-0.1, -0.05) is 31.4 Å². The smallest absolute Gasteiger partial charge is 0.306 e.